The summed E-state index contributed by atoms with van der Waals surface area (Å²) in [6.45, 7) is 3.55. The van der Waals surface area contributed by atoms with E-state index in [4.69, 9.17) is 16.3 Å². The van der Waals surface area contributed by atoms with Crippen molar-refractivity contribution in [3.8, 4) is 0 Å². The van der Waals surface area contributed by atoms with Crippen LogP contribution in [0.2, 0.25) is 5.02 Å². The van der Waals surface area contributed by atoms with E-state index in [1.807, 2.05) is 31.2 Å². The van der Waals surface area contributed by atoms with Crippen LogP contribution in [-0.2, 0) is 14.3 Å². The van der Waals surface area contributed by atoms with Crippen molar-refractivity contribution < 1.29 is 19.1 Å². The summed E-state index contributed by atoms with van der Waals surface area (Å²) >= 11 is 7.46. The molecule has 0 fully saturated rings. The number of hydrogen-bond acceptors (Lipinski definition) is 5. The first-order chi connectivity index (χ1) is 15.8. The second-order valence-electron chi connectivity index (χ2n) is 7.49. The lowest BCUT2D eigenvalue weighted by molar-refractivity contribution is -0.147. The van der Waals surface area contributed by atoms with Gasteiger partial charge in [0.25, 0.3) is 0 Å². The van der Waals surface area contributed by atoms with Gasteiger partial charge in [0, 0.05) is 32.5 Å². The number of nitrogens with one attached hydrogen (secondary N) is 1. The Morgan fingerprint density at radius 2 is 1.45 bits per heavy atom. The summed E-state index contributed by atoms with van der Waals surface area (Å²) in [6.07, 6.45) is -1.10. The Hall–Kier alpha value is -3.09. The molecule has 1 atom stereocenters. The first kappa shape index (κ1) is 24.6. The molecule has 0 aliphatic rings. The van der Waals surface area contributed by atoms with Crippen molar-refractivity contribution in [3.63, 3.8) is 0 Å². The second-order valence-corrected chi connectivity index (χ2v) is 9.07. The zero-order chi connectivity index (χ0) is 23.8. The largest absolute Gasteiger partial charge is 0.454 e. The number of carbonyl (C=O) groups excluding carboxylic acids is 3. The van der Waals surface area contributed by atoms with Crippen molar-refractivity contribution in [2.75, 3.05) is 5.32 Å². The standard InChI is InChI=1S/C26H24ClNO4S/c1-17-3-11-22(12-4-17)33-23-13-9-21(10-14-23)28-24(29)15-16-25(30)32-18(2)26(31)19-5-7-20(27)8-6-19/h3-14,18H,15-16H2,1-2H3,(H,28,29). The van der Waals surface area contributed by atoms with Crippen LogP contribution in [0.3, 0.4) is 0 Å². The second kappa shape index (κ2) is 11.7. The van der Waals surface area contributed by atoms with Crippen molar-refractivity contribution in [3.05, 3.63) is 88.9 Å². The molecule has 0 aliphatic carbocycles. The van der Waals surface area contributed by atoms with E-state index in [2.05, 4.69) is 29.6 Å². The van der Waals surface area contributed by atoms with Gasteiger partial charge in [0.1, 0.15) is 0 Å². The summed E-state index contributed by atoms with van der Waals surface area (Å²) in [4.78, 5) is 38.8. The van der Waals surface area contributed by atoms with Gasteiger partial charge in [0.2, 0.25) is 11.7 Å². The summed E-state index contributed by atoms with van der Waals surface area (Å²) in [7, 11) is 0. The van der Waals surface area contributed by atoms with Crippen LogP contribution >= 0.6 is 23.4 Å². The number of hydrogen-bond donors (Lipinski definition) is 1. The van der Waals surface area contributed by atoms with Crippen LogP contribution in [0.15, 0.2) is 82.6 Å². The number of Topliss-reactive ketones (excluding diaryl/α,β-unsaturated/α-hetero) is 1. The van der Waals surface area contributed by atoms with Gasteiger partial charge in [0.05, 0.1) is 6.42 Å². The molecule has 3 aromatic rings. The lowest BCUT2D eigenvalue weighted by atomic mass is 10.1. The Kier molecular flexibility index (Phi) is 8.69. The highest BCUT2D eigenvalue weighted by atomic mass is 35.5. The van der Waals surface area contributed by atoms with Crippen LogP contribution < -0.4 is 5.32 Å². The van der Waals surface area contributed by atoms with Crippen molar-refractivity contribution >= 4 is 46.7 Å². The van der Waals surface area contributed by atoms with E-state index in [1.54, 1.807) is 36.0 Å². The van der Waals surface area contributed by atoms with Gasteiger partial charge in [-0.1, -0.05) is 41.1 Å². The van der Waals surface area contributed by atoms with Gasteiger partial charge in [-0.25, -0.2) is 0 Å². The molecule has 3 rings (SSSR count). The molecule has 1 N–H and O–H groups in total. The third-order valence-corrected chi connectivity index (χ3v) is 6.02. The number of halogens is 1. The van der Waals surface area contributed by atoms with Crippen LogP contribution in [0.5, 0.6) is 0 Å². The molecule has 3 aromatic carbocycles. The number of rotatable bonds is 9. The molecule has 0 saturated heterocycles. The number of carbonyl (C=O) groups is 3. The highest BCUT2D eigenvalue weighted by molar-refractivity contribution is 7.99. The first-order valence-corrected chi connectivity index (χ1v) is 11.6. The number of benzene rings is 3. The quantitative estimate of drug-likeness (QED) is 0.285. The zero-order valence-corrected chi connectivity index (χ0v) is 19.9. The maximum Gasteiger partial charge on any atom is 0.307 e. The molecule has 0 radical (unpaired) electrons. The van der Waals surface area contributed by atoms with Crippen LogP contribution in [-0.4, -0.2) is 23.8 Å². The van der Waals surface area contributed by atoms with E-state index in [0.29, 0.717) is 16.3 Å². The number of ether oxygens (including phenoxy) is 1. The van der Waals surface area contributed by atoms with Crippen molar-refractivity contribution in [1.29, 1.82) is 0 Å². The number of esters is 1. The summed E-state index contributed by atoms with van der Waals surface area (Å²) in [5.74, 6) is -1.24. The summed E-state index contributed by atoms with van der Waals surface area (Å²) in [5.41, 5.74) is 2.26. The van der Waals surface area contributed by atoms with Gasteiger partial charge in [-0.05, 0) is 74.5 Å². The van der Waals surface area contributed by atoms with Crippen molar-refractivity contribution in [1.82, 2.24) is 0 Å². The summed E-state index contributed by atoms with van der Waals surface area (Å²) < 4.78 is 5.17. The van der Waals surface area contributed by atoms with Gasteiger partial charge in [-0.2, -0.15) is 0 Å². The van der Waals surface area contributed by atoms with Crippen LogP contribution in [0.1, 0.15) is 35.7 Å². The highest BCUT2D eigenvalue weighted by Crippen LogP contribution is 2.28. The maximum absolute atomic E-state index is 12.3. The third-order valence-electron chi connectivity index (χ3n) is 4.76. The zero-order valence-electron chi connectivity index (χ0n) is 18.3. The molecule has 0 aliphatic heterocycles. The van der Waals surface area contributed by atoms with E-state index in [-0.39, 0.29) is 24.5 Å². The lowest BCUT2D eigenvalue weighted by Crippen LogP contribution is -2.25. The fourth-order valence-electron chi connectivity index (χ4n) is 2.95. The van der Waals surface area contributed by atoms with Crippen molar-refractivity contribution in [2.24, 2.45) is 0 Å². The predicted octanol–water partition coefficient (Wildman–Crippen LogP) is 6.33. The Morgan fingerprint density at radius 1 is 0.879 bits per heavy atom. The number of amides is 1. The predicted molar refractivity (Wildman–Crippen MR) is 131 cm³/mol. The topological polar surface area (TPSA) is 72.5 Å². The molecule has 0 heterocycles. The van der Waals surface area contributed by atoms with E-state index in [9.17, 15) is 14.4 Å². The van der Waals surface area contributed by atoms with Crippen LogP contribution in [0.25, 0.3) is 0 Å². The number of ketones is 1. The lowest BCUT2D eigenvalue weighted by Gasteiger charge is -2.12. The molecule has 0 aromatic heterocycles. The number of aryl methyl sites for hydroxylation is 1. The van der Waals surface area contributed by atoms with Gasteiger partial charge < -0.3 is 10.1 Å². The molecular weight excluding hydrogens is 458 g/mol. The van der Waals surface area contributed by atoms with Crippen molar-refractivity contribution in [2.45, 2.75) is 42.6 Å². The minimum atomic E-state index is -0.944. The summed E-state index contributed by atoms with van der Waals surface area (Å²) in [6, 6.07) is 22.1. The maximum atomic E-state index is 12.3. The Morgan fingerprint density at radius 3 is 2.06 bits per heavy atom. The SMILES string of the molecule is Cc1ccc(Sc2ccc(NC(=O)CCC(=O)OC(C)C(=O)c3ccc(Cl)cc3)cc2)cc1. The highest BCUT2D eigenvalue weighted by Gasteiger charge is 2.20. The first-order valence-electron chi connectivity index (χ1n) is 10.4. The fraction of sp³-hybridized carbons (Fsp3) is 0.192. The summed E-state index contributed by atoms with van der Waals surface area (Å²) in [5, 5.41) is 3.28. The van der Waals surface area contributed by atoms with Crippen LogP contribution in [0.4, 0.5) is 5.69 Å². The minimum absolute atomic E-state index is 0.0411. The van der Waals surface area contributed by atoms with Gasteiger partial charge in [0.15, 0.2) is 6.10 Å². The monoisotopic (exact) mass is 481 g/mol. The van der Waals surface area contributed by atoms with E-state index < -0.39 is 12.1 Å². The Balaban J connectivity index is 1.42. The average Bonchev–Trinajstić information content (AvgIpc) is 2.80. The number of anilines is 1. The normalized spacial score (nSPS) is 11.5. The minimum Gasteiger partial charge on any atom is -0.454 e. The Bertz CT molecular complexity index is 1110. The molecule has 170 valence electrons. The van der Waals surface area contributed by atoms with E-state index in [1.165, 1.54) is 12.5 Å². The Labute approximate surface area is 202 Å². The molecule has 5 nitrogen and oxygen atoms in total. The van der Waals surface area contributed by atoms with Gasteiger partial charge >= 0.3 is 5.97 Å². The molecule has 1 unspecified atom stereocenters. The fourth-order valence-corrected chi connectivity index (χ4v) is 3.89. The van der Waals surface area contributed by atoms with E-state index >= 15 is 0 Å². The smallest absolute Gasteiger partial charge is 0.307 e. The molecule has 0 saturated carbocycles. The van der Waals surface area contributed by atoms with E-state index in [0.717, 1.165) is 9.79 Å². The van der Waals surface area contributed by atoms with Gasteiger partial charge in [-0.15, -0.1) is 0 Å². The molecule has 7 heteroatoms. The van der Waals surface area contributed by atoms with Gasteiger partial charge in [-0.3, -0.25) is 14.4 Å². The van der Waals surface area contributed by atoms with Crippen LogP contribution in [0, 0.1) is 6.92 Å². The average molecular weight is 482 g/mol. The molecule has 0 bridgehead atoms. The molecule has 0 spiro atoms. The third kappa shape index (κ3) is 7.77. The molecular formula is C26H24ClNO4S. The molecule has 1 amide bonds. The molecule has 33 heavy (non-hydrogen) atoms.